The topological polar surface area (TPSA) is 57.9 Å². The summed E-state index contributed by atoms with van der Waals surface area (Å²) in [4.78, 5) is 12.3. The zero-order valence-electron chi connectivity index (χ0n) is 14.5. The van der Waals surface area contributed by atoms with Crippen LogP contribution in [-0.4, -0.2) is 12.6 Å². The molecule has 2 aromatic carbocycles. The number of carbonyl (C=O) groups excluding carboxylic acids is 1. The van der Waals surface area contributed by atoms with Gasteiger partial charge in [0.05, 0.1) is 5.02 Å². The third-order valence-corrected chi connectivity index (χ3v) is 4.83. The Morgan fingerprint density at radius 2 is 1.93 bits per heavy atom. The fraction of sp³-hybridized carbons (Fsp3) is 0.0952. The van der Waals surface area contributed by atoms with Crippen molar-refractivity contribution in [2.75, 3.05) is 6.79 Å². The molecular formula is C21H14Cl2O5. The molecule has 0 saturated carbocycles. The van der Waals surface area contributed by atoms with Gasteiger partial charge in [-0.1, -0.05) is 29.3 Å². The largest absolute Gasteiger partial charge is 0.484 e. The fourth-order valence-electron chi connectivity index (χ4n) is 2.61. The minimum atomic E-state index is -0.168. The molecule has 0 spiro atoms. The number of hydrogen-bond acceptors (Lipinski definition) is 5. The van der Waals surface area contributed by atoms with E-state index in [1.165, 1.54) is 6.08 Å². The summed E-state index contributed by atoms with van der Waals surface area (Å²) >= 11 is 12.1. The van der Waals surface area contributed by atoms with Crippen LogP contribution in [0.25, 0.3) is 6.08 Å². The lowest BCUT2D eigenvalue weighted by atomic mass is 10.1. The molecule has 0 saturated heterocycles. The first-order valence-electron chi connectivity index (χ1n) is 8.38. The lowest BCUT2D eigenvalue weighted by Gasteiger charge is -2.06. The van der Waals surface area contributed by atoms with Gasteiger partial charge in [-0.3, -0.25) is 4.79 Å². The summed E-state index contributed by atoms with van der Waals surface area (Å²) in [7, 11) is 0. The van der Waals surface area contributed by atoms with Crippen LogP contribution in [0.5, 0.6) is 17.2 Å². The summed E-state index contributed by atoms with van der Waals surface area (Å²) in [5.74, 6) is 2.63. The highest BCUT2D eigenvalue weighted by Gasteiger charge is 2.15. The Hall–Kier alpha value is -2.89. The van der Waals surface area contributed by atoms with Gasteiger partial charge in [0.15, 0.2) is 17.3 Å². The second-order valence-corrected chi connectivity index (χ2v) is 6.70. The lowest BCUT2D eigenvalue weighted by molar-refractivity contribution is 0.104. The third-order valence-electron chi connectivity index (χ3n) is 4.02. The second kappa shape index (κ2) is 8.00. The SMILES string of the molecule is O=C(/C=C/c1ccc(COc2cccc(Cl)c2Cl)o1)c1ccc2c(c1)OCO2. The minimum absolute atomic E-state index is 0.167. The standard InChI is InChI=1S/C21H14Cl2O5/c22-16-2-1-3-19(21(16)23)25-11-15-6-5-14(28-15)7-8-17(24)13-4-9-18-20(10-13)27-12-26-18/h1-10H,11-12H2/b8-7+. The van der Waals surface area contributed by atoms with Crippen molar-refractivity contribution >= 4 is 35.1 Å². The van der Waals surface area contributed by atoms with E-state index < -0.39 is 0 Å². The third kappa shape index (κ3) is 4.01. The Balaban J connectivity index is 1.39. The average Bonchev–Trinajstić information content (AvgIpc) is 3.35. The summed E-state index contributed by atoms with van der Waals surface area (Å²) in [6, 6.07) is 13.7. The highest BCUT2D eigenvalue weighted by Crippen LogP contribution is 2.33. The number of furan rings is 1. The van der Waals surface area contributed by atoms with Gasteiger partial charge in [-0.25, -0.2) is 0 Å². The molecule has 0 aliphatic carbocycles. The number of carbonyl (C=O) groups is 1. The number of fused-ring (bicyclic) bond motifs is 1. The number of halogens is 2. The molecule has 5 nitrogen and oxygen atoms in total. The number of allylic oxidation sites excluding steroid dienone is 1. The Morgan fingerprint density at radius 3 is 2.82 bits per heavy atom. The number of hydrogen-bond donors (Lipinski definition) is 0. The van der Waals surface area contributed by atoms with Gasteiger partial charge in [0.2, 0.25) is 6.79 Å². The number of ether oxygens (including phenoxy) is 3. The van der Waals surface area contributed by atoms with Crippen LogP contribution in [0.15, 0.2) is 59.0 Å². The maximum atomic E-state index is 12.3. The van der Waals surface area contributed by atoms with Crippen LogP contribution in [0.1, 0.15) is 21.9 Å². The van der Waals surface area contributed by atoms with Gasteiger partial charge in [-0.05, 0) is 54.6 Å². The molecule has 0 unspecified atom stereocenters. The normalized spacial score (nSPS) is 12.5. The first-order chi connectivity index (χ1) is 13.6. The van der Waals surface area contributed by atoms with E-state index in [4.69, 9.17) is 41.8 Å². The van der Waals surface area contributed by atoms with Gasteiger partial charge < -0.3 is 18.6 Å². The summed E-state index contributed by atoms with van der Waals surface area (Å²) in [6.45, 7) is 0.352. The first kappa shape index (κ1) is 18.5. The predicted molar refractivity (Wildman–Crippen MR) is 105 cm³/mol. The summed E-state index contributed by atoms with van der Waals surface area (Å²) in [5.41, 5.74) is 0.506. The summed E-state index contributed by atoms with van der Waals surface area (Å²) in [6.07, 6.45) is 3.04. The van der Waals surface area contributed by atoms with E-state index in [1.807, 2.05) is 0 Å². The van der Waals surface area contributed by atoms with Gasteiger partial charge in [-0.15, -0.1) is 0 Å². The molecule has 0 bridgehead atoms. The van der Waals surface area contributed by atoms with Crippen molar-refractivity contribution in [3.63, 3.8) is 0 Å². The molecule has 4 rings (SSSR count). The van der Waals surface area contributed by atoms with Crippen LogP contribution in [0, 0.1) is 0 Å². The molecule has 3 aromatic rings. The molecule has 1 aromatic heterocycles. The van der Waals surface area contributed by atoms with Crippen molar-refractivity contribution in [1.29, 1.82) is 0 Å². The Kier molecular flexibility index (Phi) is 5.28. The summed E-state index contributed by atoms with van der Waals surface area (Å²) < 4.78 is 21.8. The Bertz CT molecular complexity index is 1050. The Labute approximate surface area is 171 Å². The number of rotatable bonds is 6. The van der Waals surface area contributed by atoms with Gasteiger partial charge in [0.25, 0.3) is 0 Å². The summed E-state index contributed by atoms with van der Waals surface area (Å²) in [5, 5.41) is 0.773. The van der Waals surface area contributed by atoms with Crippen LogP contribution in [0.3, 0.4) is 0 Å². The Morgan fingerprint density at radius 1 is 1.07 bits per heavy atom. The van der Waals surface area contributed by atoms with Gasteiger partial charge in [0, 0.05) is 5.56 Å². The van der Waals surface area contributed by atoms with Crippen LogP contribution < -0.4 is 14.2 Å². The maximum Gasteiger partial charge on any atom is 0.231 e. The molecule has 1 aliphatic heterocycles. The van der Waals surface area contributed by atoms with Gasteiger partial charge in [0.1, 0.15) is 28.9 Å². The van der Waals surface area contributed by atoms with Crippen molar-refractivity contribution in [3.05, 3.63) is 81.7 Å². The smallest absolute Gasteiger partial charge is 0.231 e. The van der Waals surface area contributed by atoms with Crippen molar-refractivity contribution in [2.24, 2.45) is 0 Å². The zero-order chi connectivity index (χ0) is 19.5. The van der Waals surface area contributed by atoms with Crippen molar-refractivity contribution in [1.82, 2.24) is 0 Å². The predicted octanol–water partition coefficient (Wildman–Crippen LogP) is 5.79. The molecule has 2 heterocycles. The van der Waals surface area contributed by atoms with Crippen molar-refractivity contribution in [3.8, 4) is 17.2 Å². The van der Waals surface area contributed by atoms with E-state index in [2.05, 4.69) is 0 Å². The molecule has 0 amide bonds. The van der Waals surface area contributed by atoms with Crippen molar-refractivity contribution in [2.45, 2.75) is 6.61 Å². The van der Waals surface area contributed by atoms with E-state index in [9.17, 15) is 4.79 Å². The van der Waals surface area contributed by atoms with E-state index >= 15 is 0 Å². The molecule has 1 aliphatic rings. The number of benzene rings is 2. The van der Waals surface area contributed by atoms with Gasteiger partial charge in [-0.2, -0.15) is 0 Å². The molecule has 0 atom stereocenters. The quantitative estimate of drug-likeness (QED) is 0.375. The van der Waals surface area contributed by atoms with E-state index in [0.29, 0.717) is 44.4 Å². The van der Waals surface area contributed by atoms with Crippen LogP contribution in [0.4, 0.5) is 0 Å². The van der Waals surface area contributed by atoms with Crippen LogP contribution in [0.2, 0.25) is 10.0 Å². The highest BCUT2D eigenvalue weighted by molar-refractivity contribution is 6.42. The van der Waals surface area contributed by atoms with Gasteiger partial charge >= 0.3 is 0 Å². The van der Waals surface area contributed by atoms with E-state index in [1.54, 1.807) is 54.6 Å². The number of ketones is 1. The minimum Gasteiger partial charge on any atom is -0.484 e. The lowest BCUT2D eigenvalue weighted by Crippen LogP contribution is -1.94. The highest BCUT2D eigenvalue weighted by atomic mass is 35.5. The monoisotopic (exact) mass is 416 g/mol. The average molecular weight is 417 g/mol. The van der Waals surface area contributed by atoms with Crippen molar-refractivity contribution < 1.29 is 23.4 Å². The van der Waals surface area contributed by atoms with E-state index in [0.717, 1.165) is 0 Å². The fourth-order valence-corrected chi connectivity index (χ4v) is 2.96. The first-order valence-corrected chi connectivity index (χ1v) is 9.13. The molecule has 0 radical (unpaired) electrons. The molecule has 0 fully saturated rings. The molecule has 0 N–H and O–H groups in total. The molecule has 142 valence electrons. The molecular weight excluding hydrogens is 403 g/mol. The van der Waals surface area contributed by atoms with E-state index in [-0.39, 0.29) is 19.2 Å². The molecule has 7 heteroatoms. The molecule has 28 heavy (non-hydrogen) atoms. The zero-order valence-corrected chi connectivity index (χ0v) is 16.0. The second-order valence-electron chi connectivity index (χ2n) is 5.91. The maximum absolute atomic E-state index is 12.3. The van der Waals surface area contributed by atoms with Crippen LogP contribution >= 0.6 is 23.2 Å². The van der Waals surface area contributed by atoms with Crippen LogP contribution in [-0.2, 0) is 6.61 Å².